The van der Waals surface area contributed by atoms with Crippen LogP contribution in [-0.4, -0.2) is 7.11 Å². The lowest BCUT2D eigenvalue weighted by molar-refractivity contribution is 0.414. The first-order valence-corrected chi connectivity index (χ1v) is 6.34. The van der Waals surface area contributed by atoms with Gasteiger partial charge in [0.2, 0.25) is 0 Å². The summed E-state index contributed by atoms with van der Waals surface area (Å²) in [6.07, 6.45) is 0. The topological polar surface area (TPSA) is 71.1 Å². The number of nitrogens with two attached hydrogens (primary N) is 1. The summed E-state index contributed by atoms with van der Waals surface area (Å²) >= 11 is 0. The van der Waals surface area contributed by atoms with Gasteiger partial charge in [0.05, 0.1) is 30.1 Å². The van der Waals surface area contributed by atoms with Crippen LogP contribution < -0.4 is 15.8 Å². The van der Waals surface area contributed by atoms with Gasteiger partial charge in [-0.05, 0) is 42.8 Å². The van der Waals surface area contributed by atoms with Gasteiger partial charge in [0, 0.05) is 6.04 Å². The molecule has 0 aliphatic carbocycles. The molecule has 102 valence electrons. The van der Waals surface area contributed by atoms with Crippen LogP contribution in [0.5, 0.6) is 5.75 Å². The van der Waals surface area contributed by atoms with Crippen molar-refractivity contribution in [2.24, 2.45) is 0 Å². The molecule has 2 aromatic rings. The van der Waals surface area contributed by atoms with E-state index in [1.54, 1.807) is 19.2 Å². The fourth-order valence-electron chi connectivity index (χ4n) is 1.97. The average molecular weight is 267 g/mol. The van der Waals surface area contributed by atoms with E-state index in [2.05, 4.69) is 18.3 Å². The van der Waals surface area contributed by atoms with Crippen molar-refractivity contribution in [3.05, 3.63) is 53.6 Å². The van der Waals surface area contributed by atoms with Crippen molar-refractivity contribution in [1.82, 2.24) is 0 Å². The Balaban J connectivity index is 2.14. The summed E-state index contributed by atoms with van der Waals surface area (Å²) in [4.78, 5) is 0. The van der Waals surface area contributed by atoms with E-state index in [0.717, 1.165) is 17.0 Å². The zero-order chi connectivity index (χ0) is 14.5. The SMILES string of the molecule is COc1ccc(C(C)Nc2ccc(C#N)cc2N)cc1. The van der Waals surface area contributed by atoms with Crippen LogP contribution in [0.3, 0.4) is 0 Å². The lowest BCUT2D eigenvalue weighted by atomic mass is 10.1. The minimum absolute atomic E-state index is 0.108. The Morgan fingerprint density at radius 1 is 1.20 bits per heavy atom. The van der Waals surface area contributed by atoms with Crippen LogP contribution in [0.25, 0.3) is 0 Å². The minimum Gasteiger partial charge on any atom is -0.497 e. The highest BCUT2D eigenvalue weighted by molar-refractivity contribution is 5.68. The Bertz CT molecular complexity index is 629. The van der Waals surface area contributed by atoms with Gasteiger partial charge in [-0.15, -0.1) is 0 Å². The minimum atomic E-state index is 0.108. The molecule has 0 spiro atoms. The molecule has 1 unspecified atom stereocenters. The van der Waals surface area contributed by atoms with Crippen LogP contribution in [-0.2, 0) is 0 Å². The van der Waals surface area contributed by atoms with Crippen molar-refractivity contribution >= 4 is 11.4 Å². The van der Waals surface area contributed by atoms with Crippen molar-refractivity contribution in [2.75, 3.05) is 18.2 Å². The van der Waals surface area contributed by atoms with Crippen molar-refractivity contribution in [2.45, 2.75) is 13.0 Å². The second kappa shape index (κ2) is 5.98. The Kier molecular flexibility index (Phi) is 4.11. The lowest BCUT2D eigenvalue weighted by Gasteiger charge is -2.17. The van der Waals surface area contributed by atoms with Gasteiger partial charge in [-0.3, -0.25) is 0 Å². The predicted octanol–water partition coefficient (Wildman–Crippen LogP) is 3.32. The number of hydrogen-bond acceptors (Lipinski definition) is 4. The summed E-state index contributed by atoms with van der Waals surface area (Å²) < 4.78 is 5.14. The van der Waals surface area contributed by atoms with Crippen LogP contribution in [0, 0.1) is 11.3 Å². The van der Waals surface area contributed by atoms with Crippen molar-refractivity contribution in [3.63, 3.8) is 0 Å². The molecule has 2 rings (SSSR count). The Morgan fingerprint density at radius 3 is 2.45 bits per heavy atom. The van der Waals surface area contributed by atoms with Crippen molar-refractivity contribution < 1.29 is 4.74 Å². The second-order valence-corrected chi connectivity index (χ2v) is 4.55. The first kappa shape index (κ1) is 13.8. The molecule has 0 saturated carbocycles. The Labute approximate surface area is 118 Å². The maximum absolute atomic E-state index is 8.82. The summed E-state index contributed by atoms with van der Waals surface area (Å²) in [6.45, 7) is 2.06. The first-order chi connectivity index (χ1) is 9.63. The number of nitrogen functional groups attached to an aromatic ring is 1. The van der Waals surface area contributed by atoms with E-state index in [1.807, 2.05) is 30.3 Å². The zero-order valence-corrected chi connectivity index (χ0v) is 11.6. The van der Waals surface area contributed by atoms with Crippen LogP contribution in [0.4, 0.5) is 11.4 Å². The summed E-state index contributed by atoms with van der Waals surface area (Å²) in [6, 6.07) is 15.3. The van der Waals surface area contributed by atoms with Gasteiger partial charge in [0.25, 0.3) is 0 Å². The van der Waals surface area contributed by atoms with E-state index in [0.29, 0.717) is 11.3 Å². The van der Waals surface area contributed by atoms with E-state index in [-0.39, 0.29) is 6.04 Å². The molecule has 0 aliphatic rings. The zero-order valence-electron chi connectivity index (χ0n) is 11.6. The van der Waals surface area contributed by atoms with E-state index < -0.39 is 0 Å². The normalized spacial score (nSPS) is 11.4. The lowest BCUT2D eigenvalue weighted by Crippen LogP contribution is -2.08. The highest BCUT2D eigenvalue weighted by Crippen LogP contribution is 2.26. The molecule has 0 heterocycles. The van der Waals surface area contributed by atoms with E-state index in [1.165, 1.54) is 0 Å². The molecule has 4 heteroatoms. The number of nitrogens with one attached hydrogen (secondary N) is 1. The molecule has 0 amide bonds. The van der Waals surface area contributed by atoms with Gasteiger partial charge in [-0.25, -0.2) is 0 Å². The molecule has 0 aromatic heterocycles. The number of nitrogens with zero attached hydrogens (tertiary/aromatic N) is 1. The van der Waals surface area contributed by atoms with Crippen LogP contribution in [0.2, 0.25) is 0 Å². The van der Waals surface area contributed by atoms with Crippen LogP contribution in [0.15, 0.2) is 42.5 Å². The molecule has 0 aliphatic heterocycles. The molecule has 2 aromatic carbocycles. The number of ether oxygens (including phenoxy) is 1. The molecule has 3 N–H and O–H groups in total. The number of methoxy groups -OCH3 is 1. The Morgan fingerprint density at radius 2 is 1.90 bits per heavy atom. The molecular weight excluding hydrogens is 250 g/mol. The third-order valence-electron chi connectivity index (χ3n) is 3.17. The second-order valence-electron chi connectivity index (χ2n) is 4.55. The maximum Gasteiger partial charge on any atom is 0.118 e. The molecule has 0 fully saturated rings. The fraction of sp³-hybridized carbons (Fsp3) is 0.188. The molecule has 20 heavy (non-hydrogen) atoms. The van der Waals surface area contributed by atoms with E-state index in [4.69, 9.17) is 15.7 Å². The number of rotatable bonds is 4. The molecule has 4 nitrogen and oxygen atoms in total. The smallest absolute Gasteiger partial charge is 0.118 e. The molecule has 0 radical (unpaired) electrons. The monoisotopic (exact) mass is 267 g/mol. The first-order valence-electron chi connectivity index (χ1n) is 6.34. The summed E-state index contributed by atoms with van der Waals surface area (Å²) in [7, 11) is 1.65. The van der Waals surface area contributed by atoms with Gasteiger partial charge in [-0.1, -0.05) is 12.1 Å². The summed E-state index contributed by atoms with van der Waals surface area (Å²) in [5, 5.41) is 12.2. The number of anilines is 2. The summed E-state index contributed by atoms with van der Waals surface area (Å²) in [5.41, 5.74) is 9.03. The van der Waals surface area contributed by atoms with Crippen LogP contribution in [0.1, 0.15) is 24.1 Å². The van der Waals surface area contributed by atoms with Crippen molar-refractivity contribution in [3.8, 4) is 11.8 Å². The quantitative estimate of drug-likeness (QED) is 0.834. The summed E-state index contributed by atoms with van der Waals surface area (Å²) in [5.74, 6) is 0.832. The highest BCUT2D eigenvalue weighted by Gasteiger charge is 2.08. The maximum atomic E-state index is 8.82. The van der Waals surface area contributed by atoms with Gasteiger partial charge >= 0.3 is 0 Å². The van der Waals surface area contributed by atoms with Gasteiger partial charge in [0.15, 0.2) is 0 Å². The van der Waals surface area contributed by atoms with Crippen LogP contribution >= 0.6 is 0 Å². The average Bonchev–Trinajstić information content (AvgIpc) is 2.49. The molecular formula is C16H17N3O. The molecule has 1 atom stereocenters. The number of nitriles is 1. The van der Waals surface area contributed by atoms with E-state index >= 15 is 0 Å². The van der Waals surface area contributed by atoms with E-state index in [9.17, 15) is 0 Å². The molecule has 0 bridgehead atoms. The standard InChI is InChI=1S/C16H17N3O/c1-11(13-4-6-14(20-2)7-5-13)19-16-8-3-12(10-17)9-15(16)18/h3-9,11,19H,18H2,1-2H3. The number of hydrogen-bond donors (Lipinski definition) is 2. The predicted molar refractivity (Wildman–Crippen MR) is 80.6 cm³/mol. The highest BCUT2D eigenvalue weighted by atomic mass is 16.5. The van der Waals surface area contributed by atoms with Crippen molar-refractivity contribution in [1.29, 1.82) is 5.26 Å². The largest absolute Gasteiger partial charge is 0.497 e. The molecule has 0 saturated heterocycles. The fourth-order valence-corrected chi connectivity index (χ4v) is 1.97. The third-order valence-corrected chi connectivity index (χ3v) is 3.17. The van der Waals surface area contributed by atoms with Gasteiger partial charge in [0.1, 0.15) is 5.75 Å². The van der Waals surface area contributed by atoms with Gasteiger partial charge in [-0.2, -0.15) is 5.26 Å². The third kappa shape index (κ3) is 3.01. The Hall–Kier alpha value is -2.67. The number of benzene rings is 2. The van der Waals surface area contributed by atoms with Gasteiger partial charge < -0.3 is 15.8 Å².